The number of rotatable bonds is 3. The van der Waals surface area contributed by atoms with E-state index in [1.165, 1.54) is 5.56 Å². The van der Waals surface area contributed by atoms with E-state index in [4.69, 9.17) is 5.73 Å². The van der Waals surface area contributed by atoms with Crippen molar-refractivity contribution in [1.82, 2.24) is 4.98 Å². The van der Waals surface area contributed by atoms with Gasteiger partial charge in [-0.3, -0.25) is 4.98 Å². The van der Waals surface area contributed by atoms with Gasteiger partial charge in [-0.2, -0.15) is 0 Å². The summed E-state index contributed by atoms with van der Waals surface area (Å²) in [5.74, 6) is 0. The molecule has 17 heavy (non-hydrogen) atoms. The van der Waals surface area contributed by atoms with Crippen molar-refractivity contribution < 1.29 is 0 Å². The second kappa shape index (κ2) is 5.19. The van der Waals surface area contributed by atoms with Gasteiger partial charge in [-0.1, -0.05) is 25.1 Å². The van der Waals surface area contributed by atoms with Crippen molar-refractivity contribution in [2.24, 2.45) is 0 Å². The van der Waals surface area contributed by atoms with E-state index < -0.39 is 0 Å². The molecular weight excluding hydrogens is 278 g/mol. The zero-order valence-electron chi connectivity index (χ0n) is 9.57. The standard InChI is InChI=1S/C13H14BrN3/c1-2-9-5-3-4-6-12(9)17-13-10(14)7-16-8-11(13)15/h3-8H,2,15H2,1H3,(H,16,17). The van der Waals surface area contributed by atoms with Crippen molar-refractivity contribution in [3.8, 4) is 0 Å². The highest BCUT2D eigenvalue weighted by Crippen LogP contribution is 2.31. The molecule has 0 amide bonds. The monoisotopic (exact) mass is 291 g/mol. The van der Waals surface area contributed by atoms with Crippen LogP contribution < -0.4 is 11.1 Å². The second-order valence-corrected chi connectivity index (χ2v) is 4.58. The number of aryl methyl sites for hydroxylation is 1. The molecule has 2 rings (SSSR count). The van der Waals surface area contributed by atoms with Crippen LogP contribution in [0, 0.1) is 0 Å². The van der Waals surface area contributed by atoms with Crippen LogP contribution in [-0.2, 0) is 6.42 Å². The fourth-order valence-electron chi connectivity index (χ4n) is 1.67. The lowest BCUT2D eigenvalue weighted by Crippen LogP contribution is -2.00. The molecule has 0 unspecified atom stereocenters. The van der Waals surface area contributed by atoms with Crippen molar-refractivity contribution in [3.63, 3.8) is 0 Å². The fraction of sp³-hybridized carbons (Fsp3) is 0.154. The van der Waals surface area contributed by atoms with Crippen molar-refractivity contribution in [1.29, 1.82) is 0 Å². The van der Waals surface area contributed by atoms with Crippen molar-refractivity contribution in [2.45, 2.75) is 13.3 Å². The topological polar surface area (TPSA) is 50.9 Å². The molecule has 1 aromatic heterocycles. The molecule has 0 atom stereocenters. The van der Waals surface area contributed by atoms with E-state index in [0.29, 0.717) is 5.69 Å². The van der Waals surface area contributed by atoms with Gasteiger partial charge in [-0.05, 0) is 34.0 Å². The van der Waals surface area contributed by atoms with Gasteiger partial charge in [-0.15, -0.1) is 0 Å². The Labute approximate surface area is 109 Å². The van der Waals surface area contributed by atoms with E-state index in [1.54, 1.807) is 12.4 Å². The number of nitrogens with zero attached hydrogens (tertiary/aromatic N) is 1. The van der Waals surface area contributed by atoms with E-state index >= 15 is 0 Å². The zero-order chi connectivity index (χ0) is 12.3. The Morgan fingerprint density at radius 1 is 1.29 bits per heavy atom. The number of para-hydroxylation sites is 1. The largest absolute Gasteiger partial charge is 0.396 e. The van der Waals surface area contributed by atoms with Crippen LogP contribution in [-0.4, -0.2) is 4.98 Å². The van der Waals surface area contributed by atoms with Crippen LogP contribution in [0.2, 0.25) is 0 Å². The molecule has 2 aromatic rings. The first-order chi connectivity index (χ1) is 8.22. The number of nitrogen functional groups attached to an aromatic ring is 1. The van der Waals surface area contributed by atoms with Crippen LogP contribution in [0.4, 0.5) is 17.1 Å². The highest BCUT2D eigenvalue weighted by molar-refractivity contribution is 9.10. The molecule has 0 bridgehead atoms. The predicted molar refractivity (Wildman–Crippen MR) is 75.5 cm³/mol. The number of halogens is 1. The number of hydrogen-bond donors (Lipinski definition) is 2. The third-order valence-electron chi connectivity index (χ3n) is 2.59. The summed E-state index contributed by atoms with van der Waals surface area (Å²) >= 11 is 3.45. The smallest absolute Gasteiger partial charge is 0.0794 e. The third-order valence-corrected chi connectivity index (χ3v) is 3.19. The van der Waals surface area contributed by atoms with Gasteiger partial charge in [0.05, 0.1) is 22.0 Å². The maximum atomic E-state index is 5.91. The van der Waals surface area contributed by atoms with E-state index in [9.17, 15) is 0 Å². The van der Waals surface area contributed by atoms with Gasteiger partial charge >= 0.3 is 0 Å². The summed E-state index contributed by atoms with van der Waals surface area (Å²) < 4.78 is 0.864. The molecule has 1 heterocycles. The number of hydrogen-bond acceptors (Lipinski definition) is 3. The highest BCUT2D eigenvalue weighted by Gasteiger charge is 2.06. The zero-order valence-corrected chi connectivity index (χ0v) is 11.2. The lowest BCUT2D eigenvalue weighted by molar-refractivity contribution is 1.14. The first-order valence-corrected chi connectivity index (χ1v) is 6.25. The maximum absolute atomic E-state index is 5.91. The first kappa shape index (κ1) is 11.9. The molecule has 0 aliphatic carbocycles. The number of anilines is 3. The van der Waals surface area contributed by atoms with E-state index in [-0.39, 0.29) is 0 Å². The Bertz CT molecular complexity index is 506. The molecule has 0 saturated heterocycles. The van der Waals surface area contributed by atoms with Crippen molar-refractivity contribution in [2.75, 3.05) is 11.1 Å². The Morgan fingerprint density at radius 2 is 2.06 bits per heavy atom. The number of benzene rings is 1. The second-order valence-electron chi connectivity index (χ2n) is 3.72. The van der Waals surface area contributed by atoms with Crippen molar-refractivity contribution >= 4 is 33.0 Å². The van der Waals surface area contributed by atoms with Crippen molar-refractivity contribution in [3.05, 3.63) is 46.7 Å². The quantitative estimate of drug-likeness (QED) is 0.906. The molecule has 4 heteroatoms. The number of nitrogens with two attached hydrogens (primary N) is 1. The van der Waals surface area contributed by atoms with Crippen LogP contribution in [0.5, 0.6) is 0 Å². The Kier molecular flexibility index (Phi) is 3.64. The lowest BCUT2D eigenvalue weighted by atomic mass is 10.1. The summed E-state index contributed by atoms with van der Waals surface area (Å²) in [6, 6.07) is 8.19. The molecule has 0 aliphatic heterocycles. The van der Waals surface area contributed by atoms with E-state index in [2.05, 4.69) is 39.2 Å². The van der Waals surface area contributed by atoms with Gasteiger partial charge in [0, 0.05) is 11.9 Å². The SMILES string of the molecule is CCc1ccccc1Nc1c(N)cncc1Br. The average molecular weight is 292 g/mol. The number of nitrogens with one attached hydrogen (secondary N) is 1. The van der Waals surface area contributed by atoms with Crippen LogP contribution >= 0.6 is 15.9 Å². The van der Waals surface area contributed by atoms with Gasteiger partial charge < -0.3 is 11.1 Å². The minimum Gasteiger partial charge on any atom is -0.396 e. The van der Waals surface area contributed by atoms with Crippen LogP contribution in [0.3, 0.4) is 0 Å². The predicted octanol–water partition coefficient (Wildman–Crippen LogP) is 3.73. The lowest BCUT2D eigenvalue weighted by Gasteiger charge is -2.13. The van der Waals surface area contributed by atoms with Crippen LogP contribution in [0.15, 0.2) is 41.1 Å². The van der Waals surface area contributed by atoms with Crippen LogP contribution in [0.25, 0.3) is 0 Å². The van der Waals surface area contributed by atoms with Gasteiger partial charge in [0.2, 0.25) is 0 Å². The molecule has 0 spiro atoms. The first-order valence-electron chi connectivity index (χ1n) is 5.46. The molecular formula is C13H14BrN3. The summed E-state index contributed by atoms with van der Waals surface area (Å²) in [7, 11) is 0. The van der Waals surface area contributed by atoms with Gasteiger partial charge in [-0.25, -0.2) is 0 Å². The van der Waals surface area contributed by atoms with E-state index in [0.717, 1.165) is 22.3 Å². The minimum absolute atomic E-state index is 0.630. The molecule has 0 aliphatic rings. The average Bonchev–Trinajstić information content (AvgIpc) is 2.34. The molecule has 3 N–H and O–H groups in total. The molecule has 0 radical (unpaired) electrons. The molecule has 3 nitrogen and oxygen atoms in total. The van der Waals surface area contributed by atoms with E-state index in [1.807, 2.05) is 18.2 Å². The summed E-state index contributed by atoms with van der Waals surface area (Å²) in [5.41, 5.74) is 9.73. The third kappa shape index (κ3) is 2.58. The minimum atomic E-state index is 0.630. The highest BCUT2D eigenvalue weighted by atomic mass is 79.9. The molecule has 0 saturated carbocycles. The maximum Gasteiger partial charge on any atom is 0.0794 e. The summed E-state index contributed by atoms with van der Waals surface area (Å²) in [6.45, 7) is 2.13. The Morgan fingerprint density at radius 3 is 2.76 bits per heavy atom. The normalized spacial score (nSPS) is 10.2. The van der Waals surface area contributed by atoms with Gasteiger partial charge in [0.15, 0.2) is 0 Å². The molecule has 1 aromatic carbocycles. The van der Waals surface area contributed by atoms with Gasteiger partial charge in [0.1, 0.15) is 0 Å². The summed E-state index contributed by atoms with van der Waals surface area (Å²) in [4.78, 5) is 4.02. The Hall–Kier alpha value is -1.55. The molecule has 88 valence electrons. The summed E-state index contributed by atoms with van der Waals surface area (Å²) in [5, 5.41) is 3.35. The fourth-order valence-corrected chi connectivity index (χ4v) is 2.11. The number of aromatic nitrogens is 1. The summed E-state index contributed by atoms with van der Waals surface area (Å²) in [6.07, 6.45) is 4.35. The van der Waals surface area contributed by atoms with Crippen LogP contribution in [0.1, 0.15) is 12.5 Å². The molecule has 0 fully saturated rings. The Balaban J connectivity index is 2.38. The van der Waals surface area contributed by atoms with Gasteiger partial charge in [0.25, 0.3) is 0 Å². The number of pyridine rings is 1.